The first-order valence-corrected chi connectivity index (χ1v) is 14.2. The number of aliphatic hydroxyl groups excluding tert-OH is 1. The van der Waals surface area contributed by atoms with Crippen LogP contribution < -0.4 is 4.90 Å². The molecule has 0 aromatic heterocycles. The van der Waals surface area contributed by atoms with Gasteiger partial charge in [-0.2, -0.15) is 0 Å². The Morgan fingerprint density at radius 1 is 1.28 bits per heavy atom. The number of amides is 2. The maximum atomic E-state index is 14.6. The summed E-state index contributed by atoms with van der Waals surface area (Å²) >= 11 is 6.60. The number of hydrogen-bond donors (Lipinski definition) is 1. The third-order valence-electron chi connectivity index (χ3n) is 8.58. The molecule has 8 nitrogen and oxygen atoms in total. The van der Waals surface area contributed by atoms with Crippen molar-refractivity contribution in [2.24, 2.45) is 11.8 Å². The minimum atomic E-state index is -1.17. The molecule has 2 bridgehead atoms. The lowest BCUT2D eigenvalue weighted by Crippen LogP contribution is -2.56. The molecule has 1 spiro atoms. The highest BCUT2D eigenvalue weighted by Crippen LogP contribution is 2.64. The monoisotopic (exact) mass is 558 g/mol. The Labute approximate surface area is 235 Å². The number of esters is 1. The average molecular weight is 559 g/mol. The molecule has 9 heteroatoms. The van der Waals surface area contributed by atoms with Gasteiger partial charge in [-0.1, -0.05) is 42.8 Å². The first kappa shape index (κ1) is 29.3. The van der Waals surface area contributed by atoms with Crippen molar-refractivity contribution in [3.05, 3.63) is 54.1 Å². The van der Waals surface area contributed by atoms with E-state index in [9.17, 15) is 19.5 Å². The first-order valence-electron chi connectivity index (χ1n) is 13.8. The Hall–Kier alpha value is -2.68. The number of rotatable bonds is 13. The van der Waals surface area contributed by atoms with Crippen molar-refractivity contribution in [3.8, 4) is 0 Å². The highest BCUT2D eigenvalue weighted by molar-refractivity contribution is 6.34. The molecule has 1 aromatic rings. The molecule has 3 aliphatic rings. The first-order chi connectivity index (χ1) is 18.7. The second-order valence-corrected chi connectivity index (χ2v) is 11.1. The van der Waals surface area contributed by atoms with E-state index in [-0.39, 0.29) is 38.1 Å². The molecule has 3 fully saturated rings. The summed E-state index contributed by atoms with van der Waals surface area (Å²) in [6.07, 6.45) is 6.34. The minimum Gasteiger partial charge on any atom is -0.465 e. The van der Waals surface area contributed by atoms with E-state index >= 15 is 0 Å². The van der Waals surface area contributed by atoms with Crippen LogP contribution in [0.5, 0.6) is 0 Å². The van der Waals surface area contributed by atoms with Gasteiger partial charge in [-0.15, -0.1) is 13.2 Å². The number of carbonyl (C=O) groups is 3. The highest BCUT2D eigenvalue weighted by atomic mass is 35.5. The van der Waals surface area contributed by atoms with E-state index in [1.807, 2.05) is 26.0 Å². The van der Waals surface area contributed by atoms with E-state index in [2.05, 4.69) is 13.2 Å². The largest absolute Gasteiger partial charge is 0.465 e. The van der Waals surface area contributed by atoms with Crippen molar-refractivity contribution in [2.75, 3.05) is 31.2 Å². The quantitative estimate of drug-likeness (QED) is 0.221. The predicted molar refractivity (Wildman–Crippen MR) is 149 cm³/mol. The van der Waals surface area contributed by atoms with E-state index in [1.54, 1.807) is 28.0 Å². The summed E-state index contributed by atoms with van der Waals surface area (Å²) in [6.45, 7) is 12.0. The molecule has 0 radical (unpaired) electrons. The van der Waals surface area contributed by atoms with E-state index in [1.165, 1.54) is 0 Å². The van der Waals surface area contributed by atoms with Crippen molar-refractivity contribution in [1.29, 1.82) is 0 Å². The number of benzene rings is 1. The van der Waals surface area contributed by atoms with Crippen LogP contribution >= 0.6 is 11.6 Å². The van der Waals surface area contributed by atoms with Gasteiger partial charge in [-0.25, -0.2) is 0 Å². The predicted octanol–water partition coefficient (Wildman–Crippen LogP) is 4.21. The van der Waals surface area contributed by atoms with Gasteiger partial charge >= 0.3 is 5.97 Å². The van der Waals surface area contributed by atoms with Crippen LogP contribution in [0.4, 0.5) is 5.69 Å². The molecule has 3 heterocycles. The zero-order valence-electron chi connectivity index (χ0n) is 22.9. The maximum Gasteiger partial charge on any atom is 0.312 e. The van der Waals surface area contributed by atoms with Gasteiger partial charge in [0.2, 0.25) is 5.91 Å². The lowest BCUT2D eigenvalue weighted by Gasteiger charge is -2.37. The molecule has 3 aliphatic heterocycles. The number of nitrogens with zero attached hydrogens (tertiary/aromatic N) is 2. The van der Waals surface area contributed by atoms with Gasteiger partial charge in [0.15, 0.2) is 0 Å². The second kappa shape index (κ2) is 11.8. The van der Waals surface area contributed by atoms with Gasteiger partial charge < -0.3 is 24.4 Å². The van der Waals surface area contributed by atoms with Crippen LogP contribution in [0, 0.1) is 18.8 Å². The van der Waals surface area contributed by atoms with Crippen molar-refractivity contribution in [1.82, 2.24) is 4.90 Å². The van der Waals surface area contributed by atoms with Crippen molar-refractivity contribution in [3.63, 3.8) is 0 Å². The van der Waals surface area contributed by atoms with Gasteiger partial charge in [-0.3, -0.25) is 14.4 Å². The van der Waals surface area contributed by atoms with Gasteiger partial charge in [-0.05, 0) is 57.1 Å². The zero-order chi connectivity index (χ0) is 28.4. The summed E-state index contributed by atoms with van der Waals surface area (Å²) in [5.41, 5.74) is -0.664. The SMILES string of the molecule is C=CCCOC(=O)[C@H]1[C@H]2C(=O)N(CCCCO)C(C(=O)N(CC=C)c3c(C)cccc3Cl)C23CC[C@]1(CC)O3. The van der Waals surface area contributed by atoms with E-state index in [4.69, 9.17) is 21.1 Å². The molecular weight excluding hydrogens is 520 g/mol. The van der Waals surface area contributed by atoms with E-state index < -0.39 is 35.0 Å². The number of carbonyl (C=O) groups excluding carboxylic acids is 3. The number of aliphatic hydroxyl groups is 1. The van der Waals surface area contributed by atoms with Crippen LogP contribution in [0.2, 0.25) is 5.02 Å². The van der Waals surface area contributed by atoms with Gasteiger partial charge in [0.05, 0.1) is 28.8 Å². The highest BCUT2D eigenvalue weighted by Gasteiger charge is 2.79. The van der Waals surface area contributed by atoms with Crippen LogP contribution in [-0.2, 0) is 23.9 Å². The summed E-state index contributed by atoms with van der Waals surface area (Å²) < 4.78 is 12.4. The van der Waals surface area contributed by atoms with E-state index in [0.717, 1.165) is 5.56 Å². The number of unbranched alkanes of at least 4 members (excludes halogenated alkanes) is 1. The maximum absolute atomic E-state index is 14.6. The van der Waals surface area contributed by atoms with Crippen LogP contribution in [0.15, 0.2) is 43.5 Å². The third kappa shape index (κ3) is 4.81. The molecular formula is C30H39ClN2O6. The molecule has 0 saturated carbocycles. The molecule has 5 atom stereocenters. The number of aryl methyl sites for hydroxylation is 1. The molecule has 39 heavy (non-hydrogen) atoms. The second-order valence-electron chi connectivity index (χ2n) is 10.7. The van der Waals surface area contributed by atoms with Gasteiger partial charge in [0, 0.05) is 19.7 Å². The number of para-hydroxylation sites is 1. The fourth-order valence-electron chi connectivity index (χ4n) is 6.86. The number of likely N-dealkylation sites (tertiary alicyclic amines) is 1. The Morgan fingerprint density at radius 3 is 2.69 bits per heavy atom. The molecule has 0 aliphatic carbocycles. The van der Waals surface area contributed by atoms with Crippen LogP contribution in [0.1, 0.15) is 51.0 Å². The standard InChI is InChI=1S/C30H39ClN2O6/c1-5-8-19-38-28(37)23-22-26(35)33(17-9-10-18-34)25(30(22)15-14-29(23,7-3)39-30)27(36)32(16-6-2)24-20(4)12-11-13-21(24)31/h5-6,11-13,22-23,25,34H,1-2,7-10,14-19H2,3-4H3/t22-,23+,25?,29-,30?/m0/s1. The Balaban J connectivity index is 1.80. The number of hydrogen-bond acceptors (Lipinski definition) is 6. The fraction of sp³-hybridized carbons (Fsp3) is 0.567. The summed E-state index contributed by atoms with van der Waals surface area (Å²) in [6, 6.07) is 4.47. The average Bonchev–Trinajstić information content (AvgIpc) is 3.51. The topological polar surface area (TPSA) is 96.4 Å². The third-order valence-corrected chi connectivity index (χ3v) is 8.88. The fourth-order valence-corrected chi connectivity index (χ4v) is 7.18. The normalized spacial score (nSPS) is 28.9. The summed E-state index contributed by atoms with van der Waals surface area (Å²) in [5, 5.41) is 9.82. The molecule has 2 amide bonds. The molecule has 212 valence electrons. The summed E-state index contributed by atoms with van der Waals surface area (Å²) in [4.78, 5) is 45.4. The van der Waals surface area contributed by atoms with Crippen LogP contribution in [0.3, 0.4) is 0 Å². The summed E-state index contributed by atoms with van der Waals surface area (Å²) in [5.74, 6) is -2.70. The number of anilines is 1. The van der Waals surface area contributed by atoms with Crippen molar-refractivity contribution < 1.29 is 29.0 Å². The molecule has 1 aromatic carbocycles. The minimum absolute atomic E-state index is 0.0235. The number of halogens is 1. The van der Waals surface area contributed by atoms with Crippen LogP contribution in [0.25, 0.3) is 0 Å². The summed E-state index contributed by atoms with van der Waals surface area (Å²) in [7, 11) is 0. The number of fused-ring (bicyclic) bond motifs is 1. The lowest BCUT2D eigenvalue weighted by molar-refractivity contribution is -0.160. The van der Waals surface area contributed by atoms with E-state index in [0.29, 0.717) is 49.2 Å². The Morgan fingerprint density at radius 2 is 2.05 bits per heavy atom. The zero-order valence-corrected chi connectivity index (χ0v) is 23.6. The van der Waals surface area contributed by atoms with Crippen LogP contribution in [-0.4, -0.2) is 71.3 Å². The Kier molecular flexibility index (Phi) is 8.88. The van der Waals surface area contributed by atoms with Gasteiger partial charge in [0.25, 0.3) is 5.91 Å². The van der Waals surface area contributed by atoms with Crippen molar-refractivity contribution >= 4 is 35.1 Å². The molecule has 4 rings (SSSR count). The number of ether oxygens (including phenoxy) is 2. The lowest BCUT2D eigenvalue weighted by atomic mass is 9.65. The Bertz CT molecular complexity index is 1120. The van der Waals surface area contributed by atoms with Crippen molar-refractivity contribution in [2.45, 2.75) is 69.6 Å². The smallest absolute Gasteiger partial charge is 0.312 e. The molecule has 3 saturated heterocycles. The molecule has 1 N–H and O–H groups in total. The van der Waals surface area contributed by atoms with Gasteiger partial charge in [0.1, 0.15) is 17.6 Å². The molecule has 2 unspecified atom stereocenters.